The van der Waals surface area contributed by atoms with Crippen molar-refractivity contribution in [3.63, 3.8) is 0 Å². The minimum Gasteiger partial charge on any atom is -0.350 e. The van der Waals surface area contributed by atoms with Crippen molar-refractivity contribution >= 4 is 5.91 Å². The predicted octanol–water partition coefficient (Wildman–Crippen LogP) is 1.21. The molecule has 0 heterocycles. The molecule has 14 heavy (non-hydrogen) atoms. The molecule has 0 radical (unpaired) electrons. The number of carbonyl (C=O) groups is 1. The summed E-state index contributed by atoms with van der Waals surface area (Å²) in [6.07, 6.45) is 4.45. The maximum Gasteiger partial charge on any atom is 0.246 e. The number of amides is 1. The molecule has 0 aromatic rings. The molecule has 1 saturated carbocycles. The zero-order valence-electron chi connectivity index (χ0n) is 9.10. The van der Waals surface area contributed by atoms with E-state index in [-0.39, 0.29) is 5.91 Å². The van der Waals surface area contributed by atoms with Crippen molar-refractivity contribution in [3.8, 4) is 0 Å². The van der Waals surface area contributed by atoms with Gasteiger partial charge in [0.05, 0.1) is 0 Å². The van der Waals surface area contributed by atoms with Crippen LogP contribution in [0.25, 0.3) is 0 Å². The number of hydrogen-bond acceptors (Lipinski definition) is 2. The molecule has 0 saturated heterocycles. The monoisotopic (exact) mass is 196 g/mol. The van der Waals surface area contributed by atoms with Gasteiger partial charge in [0.15, 0.2) is 0 Å². The topological polar surface area (TPSA) is 41.1 Å². The summed E-state index contributed by atoms with van der Waals surface area (Å²) in [4.78, 5) is 11.3. The third-order valence-corrected chi connectivity index (χ3v) is 2.86. The molecule has 1 fully saturated rings. The molecule has 3 nitrogen and oxygen atoms in total. The van der Waals surface area contributed by atoms with E-state index in [0.717, 1.165) is 25.7 Å². The Labute approximate surface area is 86.0 Å². The second kappa shape index (κ2) is 5.15. The molecule has 0 aromatic heterocycles. The first kappa shape index (κ1) is 11.2. The third-order valence-electron chi connectivity index (χ3n) is 2.86. The Kier molecular flexibility index (Phi) is 4.14. The Morgan fingerprint density at radius 3 is 2.14 bits per heavy atom. The maximum absolute atomic E-state index is 11.3. The van der Waals surface area contributed by atoms with Crippen molar-refractivity contribution in [2.75, 3.05) is 7.05 Å². The van der Waals surface area contributed by atoms with E-state index in [1.807, 2.05) is 7.05 Å². The SMILES string of the molecule is C=C(C)C(=O)NC1CCC(NC)CC1. The van der Waals surface area contributed by atoms with Gasteiger partial charge in [-0.2, -0.15) is 0 Å². The van der Waals surface area contributed by atoms with Gasteiger partial charge in [-0.05, 0) is 39.7 Å². The highest BCUT2D eigenvalue weighted by atomic mass is 16.1. The molecule has 0 aromatic carbocycles. The van der Waals surface area contributed by atoms with Crippen molar-refractivity contribution < 1.29 is 4.79 Å². The summed E-state index contributed by atoms with van der Waals surface area (Å²) in [5, 5.41) is 6.27. The fourth-order valence-electron chi connectivity index (χ4n) is 1.84. The van der Waals surface area contributed by atoms with E-state index < -0.39 is 0 Å². The molecular weight excluding hydrogens is 176 g/mol. The summed E-state index contributed by atoms with van der Waals surface area (Å²) in [5.74, 6) is -0.00194. The smallest absolute Gasteiger partial charge is 0.246 e. The summed E-state index contributed by atoms with van der Waals surface area (Å²) >= 11 is 0. The standard InChI is InChI=1S/C11H20N2O/c1-8(2)11(14)13-10-6-4-9(12-3)5-7-10/h9-10,12H,1,4-7H2,2-3H3,(H,13,14). The minimum atomic E-state index is -0.00194. The van der Waals surface area contributed by atoms with E-state index in [2.05, 4.69) is 17.2 Å². The maximum atomic E-state index is 11.3. The van der Waals surface area contributed by atoms with E-state index in [1.54, 1.807) is 6.92 Å². The predicted molar refractivity (Wildman–Crippen MR) is 58.1 cm³/mol. The van der Waals surface area contributed by atoms with Crippen LogP contribution in [0.3, 0.4) is 0 Å². The molecule has 1 aliphatic carbocycles. The Balaban J connectivity index is 2.29. The second-order valence-electron chi connectivity index (χ2n) is 4.09. The van der Waals surface area contributed by atoms with Crippen molar-refractivity contribution in [2.24, 2.45) is 0 Å². The van der Waals surface area contributed by atoms with Crippen LogP contribution in [0.4, 0.5) is 0 Å². The van der Waals surface area contributed by atoms with Crippen LogP contribution in [0, 0.1) is 0 Å². The van der Waals surface area contributed by atoms with Gasteiger partial charge in [-0.25, -0.2) is 0 Å². The van der Waals surface area contributed by atoms with Crippen LogP contribution in [-0.2, 0) is 4.79 Å². The molecule has 1 aliphatic rings. The van der Waals surface area contributed by atoms with Crippen molar-refractivity contribution in [2.45, 2.75) is 44.7 Å². The fourth-order valence-corrected chi connectivity index (χ4v) is 1.84. The zero-order chi connectivity index (χ0) is 10.6. The van der Waals surface area contributed by atoms with Crippen molar-refractivity contribution in [1.82, 2.24) is 10.6 Å². The van der Waals surface area contributed by atoms with Crippen LogP contribution >= 0.6 is 0 Å². The summed E-state index contributed by atoms with van der Waals surface area (Å²) in [7, 11) is 2.00. The summed E-state index contributed by atoms with van der Waals surface area (Å²) < 4.78 is 0. The highest BCUT2D eigenvalue weighted by Gasteiger charge is 2.21. The first-order valence-electron chi connectivity index (χ1n) is 5.27. The Morgan fingerprint density at radius 1 is 1.21 bits per heavy atom. The van der Waals surface area contributed by atoms with Gasteiger partial charge < -0.3 is 10.6 Å². The average molecular weight is 196 g/mol. The van der Waals surface area contributed by atoms with Gasteiger partial charge in [0, 0.05) is 17.7 Å². The number of nitrogens with one attached hydrogen (secondary N) is 2. The molecule has 3 heteroatoms. The highest BCUT2D eigenvalue weighted by Crippen LogP contribution is 2.18. The average Bonchev–Trinajstić information content (AvgIpc) is 2.19. The summed E-state index contributed by atoms with van der Waals surface area (Å²) in [6.45, 7) is 5.37. The zero-order valence-corrected chi connectivity index (χ0v) is 9.10. The van der Waals surface area contributed by atoms with E-state index >= 15 is 0 Å². The lowest BCUT2D eigenvalue weighted by Gasteiger charge is -2.28. The Hall–Kier alpha value is -0.830. The summed E-state index contributed by atoms with van der Waals surface area (Å²) in [5.41, 5.74) is 0.598. The van der Waals surface area contributed by atoms with E-state index in [0.29, 0.717) is 17.7 Å². The van der Waals surface area contributed by atoms with Gasteiger partial charge in [0.25, 0.3) is 0 Å². The molecule has 0 unspecified atom stereocenters. The van der Waals surface area contributed by atoms with E-state index in [4.69, 9.17) is 0 Å². The lowest BCUT2D eigenvalue weighted by atomic mass is 9.91. The lowest BCUT2D eigenvalue weighted by Crippen LogP contribution is -2.41. The minimum absolute atomic E-state index is 0.00194. The van der Waals surface area contributed by atoms with Crippen molar-refractivity contribution in [3.05, 3.63) is 12.2 Å². The number of carbonyl (C=O) groups excluding carboxylic acids is 1. The van der Waals surface area contributed by atoms with Gasteiger partial charge in [-0.1, -0.05) is 6.58 Å². The summed E-state index contributed by atoms with van der Waals surface area (Å²) in [6, 6.07) is 0.983. The molecule has 80 valence electrons. The number of rotatable bonds is 3. The molecule has 0 atom stereocenters. The Bertz CT molecular complexity index is 217. The first-order chi connectivity index (χ1) is 6.63. The number of hydrogen-bond donors (Lipinski definition) is 2. The first-order valence-corrected chi connectivity index (χ1v) is 5.27. The van der Waals surface area contributed by atoms with Gasteiger partial charge in [0.2, 0.25) is 5.91 Å². The molecule has 1 amide bonds. The van der Waals surface area contributed by atoms with Gasteiger partial charge >= 0.3 is 0 Å². The molecule has 1 rings (SSSR count). The van der Waals surface area contributed by atoms with Gasteiger partial charge in [-0.15, -0.1) is 0 Å². The van der Waals surface area contributed by atoms with Crippen LogP contribution in [0.2, 0.25) is 0 Å². The van der Waals surface area contributed by atoms with E-state index in [9.17, 15) is 4.79 Å². The largest absolute Gasteiger partial charge is 0.350 e. The van der Waals surface area contributed by atoms with Crippen LogP contribution in [-0.4, -0.2) is 25.0 Å². The quantitative estimate of drug-likeness (QED) is 0.666. The van der Waals surface area contributed by atoms with Gasteiger partial charge in [0.1, 0.15) is 0 Å². The van der Waals surface area contributed by atoms with Crippen LogP contribution in [0.15, 0.2) is 12.2 Å². The second-order valence-corrected chi connectivity index (χ2v) is 4.09. The third kappa shape index (κ3) is 3.14. The normalized spacial score (nSPS) is 27.0. The van der Waals surface area contributed by atoms with Crippen LogP contribution in [0.1, 0.15) is 32.6 Å². The van der Waals surface area contributed by atoms with Gasteiger partial charge in [-0.3, -0.25) is 4.79 Å². The molecular formula is C11H20N2O. The van der Waals surface area contributed by atoms with E-state index in [1.165, 1.54) is 0 Å². The Morgan fingerprint density at radius 2 is 1.71 bits per heavy atom. The fraction of sp³-hybridized carbons (Fsp3) is 0.727. The molecule has 0 spiro atoms. The highest BCUT2D eigenvalue weighted by molar-refractivity contribution is 5.92. The molecule has 0 bridgehead atoms. The molecule has 2 N–H and O–H groups in total. The van der Waals surface area contributed by atoms with Crippen molar-refractivity contribution in [1.29, 1.82) is 0 Å². The van der Waals surface area contributed by atoms with Crippen LogP contribution < -0.4 is 10.6 Å². The lowest BCUT2D eigenvalue weighted by molar-refractivity contribution is -0.118. The van der Waals surface area contributed by atoms with Crippen LogP contribution in [0.5, 0.6) is 0 Å². The molecule has 0 aliphatic heterocycles.